The molecule has 3 heterocycles. The number of hydrogen-bond acceptors (Lipinski definition) is 3. The molecule has 0 spiro atoms. The van der Waals surface area contributed by atoms with E-state index in [0.29, 0.717) is 5.69 Å². The molecule has 0 unspecified atom stereocenters. The molecule has 1 aliphatic rings. The van der Waals surface area contributed by atoms with Gasteiger partial charge in [-0.05, 0) is 12.1 Å². The van der Waals surface area contributed by atoms with Crippen LogP contribution in [0.15, 0.2) is 30.6 Å². The van der Waals surface area contributed by atoms with Gasteiger partial charge < -0.3 is 9.30 Å². The van der Waals surface area contributed by atoms with Gasteiger partial charge in [-0.15, -0.1) is 0 Å². The van der Waals surface area contributed by atoms with Crippen LogP contribution < -0.4 is 0 Å². The fourth-order valence-electron chi connectivity index (χ4n) is 1.97. The number of carbonyl (C=O) groups is 1. The SMILES string of the molecule is O=C(c1cn2ccccc2n1)N1CCSCC1. The maximum Gasteiger partial charge on any atom is 0.274 e. The standard InChI is InChI=1S/C12H13N3OS/c16-12(14-5-7-17-8-6-14)10-9-15-4-2-1-3-11(15)13-10/h1-4,9H,5-8H2. The highest BCUT2D eigenvalue weighted by Crippen LogP contribution is 2.13. The van der Waals surface area contributed by atoms with Gasteiger partial charge in [0.25, 0.3) is 5.91 Å². The minimum Gasteiger partial charge on any atom is -0.336 e. The van der Waals surface area contributed by atoms with E-state index < -0.39 is 0 Å². The van der Waals surface area contributed by atoms with Crippen molar-refractivity contribution in [2.75, 3.05) is 24.6 Å². The first-order valence-corrected chi connectivity index (χ1v) is 6.81. The van der Waals surface area contributed by atoms with Crippen molar-refractivity contribution >= 4 is 23.3 Å². The van der Waals surface area contributed by atoms with Gasteiger partial charge in [0.1, 0.15) is 11.3 Å². The second-order valence-corrected chi connectivity index (χ2v) is 5.22. The molecule has 4 nitrogen and oxygen atoms in total. The smallest absolute Gasteiger partial charge is 0.274 e. The van der Waals surface area contributed by atoms with E-state index >= 15 is 0 Å². The summed E-state index contributed by atoms with van der Waals surface area (Å²) < 4.78 is 1.88. The predicted octanol–water partition coefficient (Wildman–Crippen LogP) is 1.52. The number of rotatable bonds is 1. The summed E-state index contributed by atoms with van der Waals surface area (Å²) in [6, 6.07) is 5.76. The highest BCUT2D eigenvalue weighted by atomic mass is 32.2. The molecule has 0 N–H and O–H groups in total. The largest absolute Gasteiger partial charge is 0.336 e. The van der Waals surface area contributed by atoms with Gasteiger partial charge in [-0.3, -0.25) is 4.79 Å². The van der Waals surface area contributed by atoms with Crippen molar-refractivity contribution in [2.24, 2.45) is 0 Å². The van der Waals surface area contributed by atoms with Gasteiger partial charge in [0, 0.05) is 37.0 Å². The first kappa shape index (κ1) is 10.7. The lowest BCUT2D eigenvalue weighted by Gasteiger charge is -2.25. The average Bonchev–Trinajstić information content (AvgIpc) is 2.82. The third kappa shape index (κ3) is 2.02. The first-order chi connectivity index (χ1) is 8.34. The number of fused-ring (bicyclic) bond motifs is 1. The van der Waals surface area contributed by atoms with Gasteiger partial charge in [0.05, 0.1) is 0 Å². The van der Waals surface area contributed by atoms with Crippen LogP contribution in [0, 0.1) is 0 Å². The van der Waals surface area contributed by atoms with Crippen LogP contribution in [0.4, 0.5) is 0 Å². The van der Waals surface area contributed by atoms with Crippen LogP contribution in [-0.4, -0.2) is 44.8 Å². The highest BCUT2D eigenvalue weighted by molar-refractivity contribution is 7.99. The summed E-state index contributed by atoms with van der Waals surface area (Å²) in [4.78, 5) is 18.5. The Labute approximate surface area is 104 Å². The van der Waals surface area contributed by atoms with Gasteiger partial charge in [-0.2, -0.15) is 11.8 Å². The van der Waals surface area contributed by atoms with Gasteiger partial charge in [-0.25, -0.2) is 4.98 Å². The van der Waals surface area contributed by atoms with Crippen LogP contribution in [0.3, 0.4) is 0 Å². The second-order valence-electron chi connectivity index (χ2n) is 4.00. The number of amides is 1. The number of nitrogens with zero attached hydrogens (tertiary/aromatic N) is 3. The second kappa shape index (κ2) is 4.41. The lowest BCUT2D eigenvalue weighted by atomic mass is 10.4. The van der Waals surface area contributed by atoms with E-state index in [1.807, 2.05) is 45.5 Å². The molecule has 0 aliphatic carbocycles. The molecular formula is C12H13N3OS. The van der Waals surface area contributed by atoms with Gasteiger partial charge in [0.15, 0.2) is 0 Å². The molecule has 88 valence electrons. The molecule has 0 aromatic carbocycles. The third-order valence-electron chi connectivity index (χ3n) is 2.88. The molecule has 17 heavy (non-hydrogen) atoms. The maximum absolute atomic E-state index is 12.2. The molecule has 0 saturated carbocycles. The fraction of sp³-hybridized carbons (Fsp3) is 0.333. The molecule has 5 heteroatoms. The maximum atomic E-state index is 12.2. The third-order valence-corrected chi connectivity index (χ3v) is 3.82. The Bertz CT molecular complexity index is 512. The summed E-state index contributed by atoms with van der Waals surface area (Å²) in [7, 11) is 0. The molecule has 0 bridgehead atoms. The molecule has 1 fully saturated rings. The summed E-state index contributed by atoms with van der Waals surface area (Å²) in [5.74, 6) is 2.10. The predicted molar refractivity (Wildman–Crippen MR) is 68.4 cm³/mol. The molecule has 0 radical (unpaired) electrons. The lowest BCUT2D eigenvalue weighted by Crippen LogP contribution is -2.38. The van der Waals surface area contributed by atoms with E-state index in [4.69, 9.17) is 0 Å². The van der Waals surface area contributed by atoms with Gasteiger partial charge in [-0.1, -0.05) is 6.07 Å². The zero-order chi connectivity index (χ0) is 11.7. The Balaban J connectivity index is 1.89. The molecular weight excluding hydrogens is 234 g/mol. The molecule has 3 rings (SSSR count). The quantitative estimate of drug-likeness (QED) is 0.767. The molecule has 2 aromatic heterocycles. The topological polar surface area (TPSA) is 37.6 Å². The number of imidazole rings is 1. The summed E-state index contributed by atoms with van der Waals surface area (Å²) in [5, 5.41) is 0. The molecule has 1 saturated heterocycles. The van der Waals surface area contributed by atoms with Crippen molar-refractivity contribution < 1.29 is 4.79 Å². The van der Waals surface area contributed by atoms with E-state index in [1.54, 1.807) is 6.20 Å². The molecule has 0 atom stereocenters. The Morgan fingerprint density at radius 3 is 2.88 bits per heavy atom. The van der Waals surface area contributed by atoms with Crippen molar-refractivity contribution in [1.29, 1.82) is 0 Å². The van der Waals surface area contributed by atoms with Crippen molar-refractivity contribution in [3.05, 3.63) is 36.3 Å². The normalized spacial score (nSPS) is 16.4. The van der Waals surface area contributed by atoms with Crippen molar-refractivity contribution in [3.63, 3.8) is 0 Å². The van der Waals surface area contributed by atoms with E-state index in [2.05, 4.69) is 4.98 Å². The number of carbonyl (C=O) groups excluding carboxylic acids is 1. The summed E-state index contributed by atoms with van der Waals surface area (Å²) in [6.07, 6.45) is 3.71. The number of aromatic nitrogens is 2. The van der Waals surface area contributed by atoms with Crippen LogP contribution in [0.2, 0.25) is 0 Å². The lowest BCUT2D eigenvalue weighted by molar-refractivity contribution is 0.0767. The minimum absolute atomic E-state index is 0.0500. The number of pyridine rings is 1. The van der Waals surface area contributed by atoms with Crippen molar-refractivity contribution in [2.45, 2.75) is 0 Å². The molecule has 1 amide bonds. The summed E-state index contributed by atoms with van der Waals surface area (Å²) in [6.45, 7) is 1.66. The van der Waals surface area contributed by atoms with Crippen molar-refractivity contribution in [3.8, 4) is 0 Å². The van der Waals surface area contributed by atoms with Crippen LogP contribution in [0.5, 0.6) is 0 Å². The van der Waals surface area contributed by atoms with Crippen LogP contribution >= 0.6 is 11.8 Å². The number of thioether (sulfide) groups is 1. The Kier molecular flexibility index (Phi) is 2.76. The van der Waals surface area contributed by atoms with E-state index in [0.717, 1.165) is 30.2 Å². The van der Waals surface area contributed by atoms with Crippen LogP contribution in [0.1, 0.15) is 10.5 Å². The summed E-state index contributed by atoms with van der Waals surface area (Å²) in [5.41, 5.74) is 1.37. The van der Waals surface area contributed by atoms with Crippen LogP contribution in [0.25, 0.3) is 5.65 Å². The van der Waals surface area contributed by atoms with E-state index in [1.165, 1.54) is 0 Å². The summed E-state index contributed by atoms with van der Waals surface area (Å²) >= 11 is 1.90. The minimum atomic E-state index is 0.0500. The Morgan fingerprint density at radius 1 is 1.29 bits per heavy atom. The zero-order valence-corrected chi connectivity index (χ0v) is 10.2. The van der Waals surface area contributed by atoms with E-state index in [-0.39, 0.29) is 5.91 Å². The zero-order valence-electron chi connectivity index (χ0n) is 9.37. The molecule has 1 aliphatic heterocycles. The van der Waals surface area contributed by atoms with E-state index in [9.17, 15) is 4.79 Å². The molecule has 2 aromatic rings. The fourth-order valence-corrected chi connectivity index (χ4v) is 2.87. The van der Waals surface area contributed by atoms with Gasteiger partial charge in [0.2, 0.25) is 0 Å². The Morgan fingerprint density at radius 2 is 2.12 bits per heavy atom. The average molecular weight is 247 g/mol. The number of hydrogen-bond donors (Lipinski definition) is 0. The Hall–Kier alpha value is -1.49. The van der Waals surface area contributed by atoms with Crippen LogP contribution in [-0.2, 0) is 0 Å². The first-order valence-electron chi connectivity index (χ1n) is 5.65. The van der Waals surface area contributed by atoms with Crippen molar-refractivity contribution in [1.82, 2.24) is 14.3 Å². The monoisotopic (exact) mass is 247 g/mol. The highest BCUT2D eigenvalue weighted by Gasteiger charge is 2.20. The van der Waals surface area contributed by atoms with Gasteiger partial charge >= 0.3 is 0 Å².